The Balaban J connectivity index is 2.02. The van der Waals surface area contributed by atoms with Gasteiger partial charge in [0.2, 0.25) is 10.0 Å². The van der Waals surface area contributed by atoms with Crippen LogP contribution in [0.4, 0.5) is 0 Å². The summed E-state index contributed by atoms with van der Waals surface area (Å²) in [7, 11) is -3.80. The Kier molecular flexibility index (Phi) is 4.45. The van der Waals surface area contributed by atoms with Crippen molar-refractivity contribution in [3.8, 4) is 0 Å². The van der Waals surface area contributed by atoms with E-state index < -0.39 is 10.0 Å². The lowest BCUT2D eigenvalue weighted by molar-refractivity contribution is 0.0949. The smallest absolute Gasteiger partial charge is 0.251 e. The van der Waals surface area contributed by atoms with E-state index in [0.717, 1.165) is 12.3 Å². The average Bonchev–Trinajstić information content (AvgIpc) is 2.31. The van der Waals surface area contributed by atoms with Crippen LogP contribution in [0.1, 0.15) is 41.6 Å². The number of aryl methyl sites for hydroxylation is 1. The number of hydrogen-bond acceptors (Lipinski definition) is 3. The van der Waals surface area contributed by atoms with Crippen LogP contribution in [0.5, 0.6) is 0 Å². The maximum absolute atomic E-state index is 12.0. The van der Waals surface area contributed by atoms with Crippen molar-refractivity contribution < 1.29 is 13.2 Å². The van der Waals surface area contributed by atoms with Gasteiger partial charge >= 0.3 is 0 Å². The summed E-state index contributed by atoms with van der Waals surface area (Å²) in [6, 6.07) is 4.55. The van der Waals surface area contributed by atoms with Crippen molar-refractivity contribution in [1.82, 2.24) is 5.32 Å². The molecule has 0 bridgehead atoms. The zero-order valence-corrected chi connectivity index (χ0v) is 12.4. The molecule has 0 unspecified atom stereocenters. The minimum atomic E-state index is -3.80. The molecule has 1 saturated carbocycles. The average molecular weight is 296 g/mol. The van der Waals surface area contributed by atoms with Gasteiger partial charge in [-0.1, -0.05) is 25.3 Å². The SMILES string of the molecule is Cc1ccc(C(=O)NCCC2CCC2)cc1S(N)(=O)=O. The fourth-order valence-electron chi connectivity index (χ4n) is 2.32. The first-order chi connectivity index (χ1) is 9.38. The molecule has 0 radical (unpaired) electrons. The van der Waals surface area contributed by atoms with E-state index in [-0.39, 0.29) is 10.8 Å². The van der Waals surface area contributed by atoms with Crippen LogP contribution in [-0.4, -0.2) is 20.9 Å². The minimum Gasteiger partial charge on any atom is -0.352 e. The zero-order chi connectivity index (χ0) is 14.8. The number of amides is 1. The van der Waals surface area contributed by atoms with E-state index >= 15 is 0 Å². The first-order valence-corrected chi connectivity index (χ1v) is 8.34. The van der Waals surface area contributed by atoms with Crippen LogP contribution in [0.2, 0.25) is 0 Å². The Morgan fingerprint density at radius 2 is 2.10 bits per heavy atom. The Labute approximate surface area is 119 Å². The van der Waals surface area contributed by atoms with E-state index in [1.54, 1.807) is 19.1 Å². The number of rotatable bonds is 5. The Morgan fingerprint density at radius 3 is 2.65 bits per heavy atom. The number of carbonyl (C=O) groups is 1. The summed E-state index contributed by atoms with van der Waals surface area (Å²) in [5, 5.41) is 7.95. The van der Waals surface area contributed by atoms with Gasteiger partial charge in [-0.3, -0.25) is 4.79 Å². The number of nitrogens with one attached hydrogen (secondary N) is 1. The molecule has 110 valence electrons. The third-order valence-electron chi connectivity index (χ3n) is 3.82. The van der Waals surface area contributed by atoms with Gasteiger partial charge in [0.15, 0.2) is 0 Å². The van der Waals surface area contributed by atoms with Crippen LogP contribution in [0.15, 0.2) is 23.1 Å². The summed E-state index contributed by atoms with van der Waals surface area (Å²) in [4.78, 5) is 12.0. The van der Waals surface area contributed by atoms with E-state index in [0.29, 0.717) is 17.7 Å². The van der Waals surface area contributed by atoms with Crippen LogP contribution in [0.25, 0.3) is 0 Å². The number of hydrogen-bond donors (Lipinski definition) is 2. The second-order valence-corrected chi connectivity index (χ2v) is 6.90. The van der Waals surface area contributed by atoms with Crippen molar-refractivity contribution >= 4 is 15.9 Å². The molecule has 0 saturated heterocycles. The normalized spacial score (nSPS) is 15.7. The highest BCUT2D eigenvalue weighted by atomic mass is 32.2. The minimum absolute atomic E-state index is 0.00384. The van der Waals surface area contributed by atoms with Crippen LogP contribution < -0.4 is 10.5 Å². The van der Waals surface area contributed by atoms with Gasteiger partial charge in [-0.15, -0.1) is 0 Å². The molecule has 2 rings (SSSR count). The summed E-state index contributed by atoms with van der Waals surface area (Å²) >= 11 is 0. The van der Waals surface area contributed by atoms with E-state index in [1.165, 1.54) is 25.3 Å². The molecule has 0 aromatic heterocycles. The number of nitrogens with two attached hydrogens (primary N) is 1. The molecule has 1 fully saturated rings. The fraction of sp³-hybridized carbons (Fsp3) is 0.500. The molecule has 1 aromatic carbocycles. The molecule has 5 nitrogen and oxygen atoms in total. The third-order valence-corrected chi connectivity index (χ3v) is 4.87. The molecule has 0 atom stereocenters. The van der Waals surface area contributed by atoms with Gasteiger partial charge in [0.05, 0.1) is 4.90 Å². The molecule has 0 aliphatic heterocycles. The quantitative estimate of drug-likeness (QED) is 0.864. The lowest BCUT2D eigenvalue weighted by atomic mass is 9.83. The van der Waals surface area contributed by atoms with Gasteiger partial charge < -0.3 is 5.32 Å². The predicted molar refractivity (Wildman–Crippen MR) is 76.8 cm³/mol. The fourth-order valence-corrected chi connectivity index (χ4v) is 3.13. The molecule has 1 aromatic rings. The zero-order valence-electron chi connectivity index (χ0n) is 11.6. The molecule has 0 heterocycles. The molecule has 20 heavy (non-hydrogen) atoms. The Bertz CT molecular complexity index is 607. The second kappa shape index (κ2) is 5.93. The van der Waals surface area contributed by atoms with Gasteiger partial charge in [0, 0.05) is 12.1 Å². The summed E-state index contributed by atoms with van der Waals surface area (Å²) in [5.41, 5.74) is 0.867. The van der Waals surface area contributed by atoms with E-state index in [1.807, 2.05) is 0 Å². The molecule has 0 spiro atoms. The Hall–Kier alpha value is -1.40. The Morgan fingerprint density at radius 1 is 1.40 bits per heavy atom. The van der Waals surface area contributed by atoms with Gasteiger partial charge in [-0.05, 0) is 37.0 Å². The highest BCUT2D eigenvalue weighted by Gasteiger charge is 2.18. The van der Waals surface area contributed by atoms with Crippen LogP contribution >= 0.6 is 0 Å². The van der Waals surface area contributed by atoms with Crippen molar-refractivity contribution in [2.24, 2.45) is 11.1 Å². The highest BCUT2D eigenvalue weighted by Crippen LogP contribution is 2.28. The largest absolute Gasteiger partial charge is 0.352 e. The molecule has 1 amide bonds. The number of sulfonamides is 1. The standard InChI is InChI=1S/C14H20N2O3S/c1-10-5-6-12(9-13(10)20(15,18)19)14(17)16-8-7-11-3-2-4-11/h5-6,9,11H,2-4,7-8H2,1H3,(H,16,17)(H2,15,18,19). The van der Waals surface area contributed by atoms with Crippen LogP contribution in [0, 0.1) is 12.8 Å². The van der Waals surface area contributed by atoms with Crippen molar-refractivity contribution in [2.45, 2.75) is 37.5 Å². The van der Waals surface area contributed by atoms with Gasteiger partial charge in [-0.2, -0.15) is 0 Å². The van der Waals surface area contributed by atoms with Crippen molar-refractivity contribution in [1.29, 1.82) is 0 Å². The second-order valence-electron chi connectivity index (χ2n) is 5.37. The molecule has 1 aliphatic carbocycles. The summed E-state index contributed by atoms with van der Waals surface area (Å²) in [5.74, 6) is 0.475. The van der Waals surface area contributed by atoms with Gasteiger partial charge in [-0.25, -0.2) is 13.6 Å². The lowest BCUT2D eigenvalue weighted by Gasteiger charge is -2.25. The highest BCUT2D eigenvalue weighted by molar-refractivity contribution is 7.89. The first kappa shape index (κ1) is 15.0. The topological polar surface area (TPSA) is 89.3 Å². The predicted octanol–water partition coefficient (Wildman–Crippen LogP) is 1.56. The number of benzene rings is 1. The molecular weight excluding hydrogens is 276 g/mol. The van der Waals surface area contributed by atoms with Crippen molar-refractivity contribution in [3.05, 3.63) is 29.3 Å². The molecule has 1 aliphatic rings. The monoisotopic (exact) mass is 296 g/mol. The van der Waals surface area contributed by atoms with Crippen molar-refractivity contribution in [3.63, 3.8) is 0 Å². The number of primary sulfonamides is 1. The van der Waals surface area contributed by atoms with E-state index in [2.05, 4.69) is 5.32 Å². The van der Waals surface area contributed by atoms with Gasteiger partial charge in [0.1, 0.15) is 0 Å². The number of carbonyl (C=O) groups excluding carboxylic acids is 1. The first-order valence-electron chi connectivity index (χ1n) is 6.79. The van der Waals surface area contributed by atoms with E-state index in [4.69, 9.17) is 5.14 Å². The van der Waals surface area contributed by atoms with Crippen LogP contribution in [-0.2, 0) is 10.0 Å². The maximum atomic E-state index is 12.0. The summed E-state index contributed by atoms with van der Waals surface area (Å²) < 4.78 is 22.8. The molecule has 3 N–H and O–H groups in total. The summed E-state index contributed by atoms with van der Waals surface area (Å²) in [6.07, 6.45) is 4.76. The van der Waals surface area contributed by atoms with Crippen molar-refractivity contribution in [2.75, 3.05) is 6.54 Å². The maximum Gasteiger partial charge on any atom is 0.251 e. The molecular formula is C14H20N2O3S. The van der Waals surface area contributed by atoms with Crippen LogP contribution in [0.3, 0.4) is 0 Å². The van der Waals surface area contributed by atoms with E-state index in [9.17, 15) is 13.2 Å². The third kappa shape index (κ3) is 3.58. The summed E-state index contributed by atoms with van der Waals surface area (Å²) in [6.45, 7) is 2.28. The molecule has 6 heteroatoms. The lowest BCUT2D eigenvalue weighted by Crippen LogP contribution is -2.27. The van der Waals surface area contributed by atoms with Gasteiger partial charge in [0.25, 0.3) is 5.91 Å².